The van der Waals surface area contributed by atoms with E-state index < -0.39 is 0 Å². The molecule has 0 heterocycles. The average molecular weight is 301 g/mol. The lowest BCUT2D eigenvalue weighted by molar-refractivity contribution is 0.327. The van der Waals surface area contributed by atoms with Crippen LogP contribution in [0.5, 0.6) is 5.75 Å². The van der Waals surface area contributed by atoms with Gasteiger partial charge in [0.25, 0.3) is 0 Å². The molecule has 0 aliphatic heterocycles. The summed E-state index contributed by atoms with van der Waals surface area (Å²) in [5.74, 6) is 0.492. The fourth-order valence-corrected chi connectivity index (χ4v) is 1.94. The van der Waals surface area contributed by atoms with Gasteiger partial charge in [0.1, 0.15) is 18.2 Å². The minimum absolute atomic E-state index is 0.321. The van der Waals surface area contributed by atoms with E-state index >= 15 is 0 Å². The van der Waals surface area contributed by atoms with Crippen LogP contribution in [-0.2, 0) is 6.42 Å². The normalized spacial score (nSPS) is 11.3. The van der Waals surface area contributed by atoms with Gasteiger partial charge in [0.2, 0.25) is 0 Å². The third kappa shape index (κ3) is 5.09. The molecule has 2 rings (SSSR count). The van der Waals surface area contributed by atoms with Gasteiger partial charge < -0.3 is 15.8 Å². The van der Waals surface area contributed by atoms with E-state index in [-0.39, 0.29) is 5.82 Å². The number of rotatable bonds is 6. The van der Waals surface area contributed by atoms with E-state index in [1.807, 2.05) is 18.2 Å². The fraction of sp³-hybridized carbons (Fsp3) is 0.235. The molecule has 4 nitrogen and oxygen atoms in total. The summed E-state index contributed by atoms with van der Waals surface area (Å²) in [6.07, 6.45) is 0.966. The van der Waals surface area contributed by atoms with Crippen LogP contribution >= 0.6 is 0 Å². The number of aliphatic imine (C=N–C) groups is 1. The molecule has 0 saturated heterocycles. The zero-order valence-corrected chi connectivity index (χ0v) is 12.6. The number of guanidine groups is 1. The Kier molecular flexibility index (Phi) is 5.77. The first kappa shape index (κ1) is 15.8. The zero-order chi connectivity index (χ0) is 15.8. The molecule has 0 aliphatic carbocycles. The Bertz CT molecular complexity index is 643. The topological polar surface area (TPSA) is 59.6 Å². The van der Waals surface area contributed by atoms with Crippen molar-refractivity contribution >= 4 is 11.6 Å². The number of aryl methyl sites for hydroxylation is 1. The van der Waals surface area contributed by atoms with E-state index in [0.29, 0.717) is 24.9 Å². The molecule has 0 saturated carbocycles. The van der Waals surface area contributed by atoms with Crippen molar-refractivity contribution in [3.05, 3.63) is 59.9 Å². The summed E-state index contributed by atoms with van der Waals surface area (Å²) < 4.78 is 18.4. The molecule has 3 N–H and O–H groups in total. The second kappa shape index (κ2) is 8.02. The first-order chi connectivity index (χ1) is 10.7. The zero-order valence-electron chi connectivity index (χ0n) is 12.6. The van der Waals surface area contributed by atoms with Crippen LogP contribution in [-0.4, -0.2) is 19.1 Å². The fourth-order valence-electron chi connectivity index (χ4n) is 1.94. The van der Waals surface area contributed by atoms with E-state index in [0.717, 1.165) is 12.1 Å². The molecule has 0 amide bonds. The maximum absolute atomic E-state index is 13.0. The molecule has 0 aromatic heterocycles. The van der Waals surface area contributed by atoms with Gasteiger partial charge in [0.05, 0.1) is 6.54 Å². The van der Waals surface area contributed by atoms with Gasteiger partial charge in [0, 0.05) is 11.8 Å². The number of benzene rings is 2. The van der Waals surface area contributed by atoms with Crippen LogP contribution in [0.4, 0.5) is 10.1 Å². The Balaban J connectivity index is 1.80. The molecule has 0 fully saturated rings. The Hall–Kier alpha value is -2.56. The van der Waals surface area contributed by atoms with E-state index in [4.69, 9.17) is 10.5 Å². The van der Waals surface area contributed by atoms with Gasteiger partial charge in [-0.1, -0.05) is 25.1 Å². The van der Waals surface area contributed by atoms with Gasteiger partial charge in [-0.15, -0.1) is 0 Å². The number of halogens is 1. The predicted octanol–water partition coefficient (Wildman–Crippen LogP) is 3.19. The SMILES string of the molecule is CCc1cccc(NC(N)=NCCOc2cccc(F)c2)c1. The summed E-state index contributed by atoms with van der Waals surface area (Å²) in [5, 5.41) is 3.04. The molecule has 5 heteroatoms. The maximum atomic E-state index is 13.0. The van der Waals surface area contributed by atoms with Gasteiger partial charge in [-0.05, 0) is 36.2 Å². The third-order valence-corrected chi connectivity index (χ3v) is 3.05. The Morgan fingerprint density at radius 1 is 1.23 bits per heavy atom. The van der Waals surface area contributed by atoms with Gasteiger partial charge in [-0.25, -0.2) is 9.38 Å². The molecule has 0 aliphatic rings. The number of anilines is 1. The van der Waals surface area contributed by atoms with E-state index in [2.05, 4.69) is 23.3 Å². The summed E-state index contributed by atoms with van der Waals surface area (Å²) in [6, 6.07) is 14.0. The van der Waals surface area contributed by atoms with Crippen molar-refractivity contribution in [2.24, 2.45) is 10.7 Å². The second-order valence-electron chi connectivity index (χ2n) is 4.75. The molecule has 116 valence electrons. The van der Waals surface area contributed by atoms with Gasteiger partial charge >= 0.3 is 0 Å². The molecule has 0 bridgehead atoms. The van der Waals surface area contributed by atoms with Crippen molar-refractivity contribution < 1.29 is 9.13 Å². The molecule has 22 heavy (non-hydrogen) atoms. The number of hydrogen-bond donors (Lipinski definition) is 2. The van der Waals surface area contributed by atoms with Crippen molar-refractivity contribution in [1.82, 2.24) is 0 Å². The van der Waals surface area contributed by atoms with Crippen LogP contribution in [0.15, 0.2) is 53.5 Å². The van der Waals surface area contributed by atoms with E-state index in [1.165, 1.54) is 17.7 Å². The van der Waals surface area contributed by atoms with Crippen LogP contribution < -0.4 is 15.8 Å². The molecule has 0 spiro atoms. The number of nitrogens with two attached hydrogens (primary N) is 1. The smallest absolute Gasteiger partial charge is 0.193 e. The monoisotopic (exact) mass is 301 g/mol. The quantitative estimate of drug-likeness (QED) is 0.489. The second-order valence-corrected chi connectivity index (χ2v) is 4.75. The average Bonchev–Trinajstić information content (AvgIpc) is 2.52. The van der Waals surface area contributed by atoms with Crippen molar-refractivity contribution in [1.29, 1.82) is 0 Å². The number of nitrogens with one attached hydrogen (secondary N) is 1. The van der Waals surface area contributed by atoms with Crippen LogP contribution in [0.25, 0.3) is 0 Å². The largest absolute Gasteiger partial charge is 0.492 e. The highest BCUT2D eigenvalue weighted by Crippen LogP contribution is 2.12. The lowest BCUT2D eigenvalue weighted by Gasteiger charge is -2.08. The first-order valence-corrected chi connectivity index (χ1v) is 7.21. The minimum atomic E-state index is -0.321. The molecule has 2 aromatic rings. The molecular weight excluding hydrogens is 281 g/mol. The number of hydrogen-bond acceptors (Lipinski definition) is 2. The van der Waals surface area contributed by atoms with Crippen LogP contribution in [0.2, 0.25) is 0 Å². The van der Waals surface area contributed by atoms with Crippen LogP contribution in [0.3, 0.4) is 0 Å². The van der Waals surface area contributed by atoms with Crippen molar-refractivity contribution in [2.75, 3.05) is 18.5 Å². The standard InChI is InChI=1S/C17H20FN3O/c1-2-13-5-3-7-15(11-13)21-17(19)20-9-10-22-16-8-4-6-14(18)12-16/h3-8,11-12H,2,9-10H2,1H3,(H3,19,20,21). The van der Waals surface area contributed by atoms with Gasteiger partial charge in [-0.2, -0.15) is 0 Å². The molecule has 0 unspecified atom stereocenters. The molecule has 0 radical (unpaired) electrons. The van der Waals surface area contributed by atoms with E-state index in [9.17, 15) is 4.39 Å². The minimum Gasteiger partial charge on any atom is -0.492 e. The highest BCUT2D eigenvalue weighted by Gasteiger charge is 1.98. The van der Waals surface area contributed by atoms with Gasteiger partial charge in [-0.3, -0.25) is 0 Å². The third-order valence-electron chi connectivity index (χ3n) is 3.05. The van der Waals surface area contributed by atoms with Crippen LogP contribution in [0, 0.1) is 5.82 Å². The molecule has 2 aromatic carbocycles. The number of ether oxygens (including phenoxy) is 1. The lowest BCUT2D eigenvalue weighted by Crippen LogP contribution is -2.23. The lowest BCUT2D eigenvalue weighted by atomic mass is 10.1. The molecular formula is C17H20FN3O. The summed E-state index contributed by atoms with van der Waals surface area (Å²) in [7, 11) is 0. The Morgan fingerprint density at radius 3 is 2.82 bits per heavy atom. The number of nitrogens with zero attached hydrogens (tertiary/aromatic N) is 1. The molecule has 0 atom stereocenters. The van der Waals surface area contributed by atoms with Crippen molar-refractivity contribution in [3.63, 3.8) is 0 Å². The van der Waals surface area contributed by atoms with Gasteiger partial charge in [0.15, 0.2) is 5.96 Å². The predicted molar refractivity (Wildman–Crippen MR) is 87.8 cm³/mol. The first-order valence-electron chi connectivity index (χ1n) is 7.21. The highest BCUT2D eigenvalue weighted by atomic mass is 19.1. The van der Waals surface area contributed by atoms with E-state index in [1.54, 1.807) is 12.1 Å². The van der Waals surface area contributed by atoms with Crippen molar-refractivity contribution in [2.45, 2.75) is 13.3 Å². The van der Waals surface area contributed by atoms with Crippen LogP contribution in [0.1, 0.15) is 12.5 Å². The maximum Gasteiger partial charge on any atom is 0.193 e. The Labute approximate surface area is 129 Å². The summed E-state index contributed by atoms with van der Waals surface area (Å²) in [4.78, 5) is 4.18. The highest BCUT2D eigenvalue weighted by molar-refractivity contribution is 5.92. The summed E-state index contributed by atoms with van der Waals surface area (Å²) in [6.45, 7) is 2.82. The summed E-state index contributed by atoms with van der Waals surface area (Å²) >= 11 is 0. The van der Waals surface area contributed by atoms with Crippen molar-refractivity contribution in [3.8, 4) is 5.75 Å². The Morgan fingerprint density at radius 2 is 2.05 bits per heavy atom. The summed E-state index contributed by atoms with van der Waals surface area (Å²) in [5.41, 5.74) is 7.96.